The molecule has 27 nitrogen and oxygen atoms in total. The first-order chi connectivity index (χ1) is 64.5. The smallest absolute Gasteiger partial charge is 0.201 e. The Bertz CT molecular complexity index is 4880. The first kappa shape index (κ1) is 124. The Kier molecular flexibility index (Phi) is 51.3. The van der Waals surface area contributed by atoms with Gasteiger partial charge in [-0.15, -0.1) is 22.7 Å². The van der Waals surface area contributed by atoms with Gasteiger partial charge in [0.15, 0.2) is 0 Å². The van der Waals surface area contributed by atoms with Gasteiger partial charge in [0.05, 0.1) is 89.8 Å². The van der Waals surface area contributed by atoms with Crippen LogP contribution in [0.15, 0.2) is 193 Å². The molecule has 10 heterocycles. The van der Waals surface area contributed by atoms with E-state index >= 15 is 0 Å². The van der Waals surface area contributed by atoms with Crippen LogP contribution in [0.4, 0.5) is 0 Å². The molecule has 0 unspecified atom stereocenters. The van der Waals surface area contributed by atoms with Gasteiger partial charge in [0.25, 0.3) is 0 Å². The van der Waals surface area contributed by atoms with E-state index in [2.05, 4.69) is 129 Å². The molecule has 0 bridgehead atoms. The van der Waals surface area contributed by atoms with E-state index in [0.29, 0.717) is 87.5 Å². The first-order valence-corrected chi connectivity index (χ1v) is 48.9. The second-order valence-corrected chi connectivity index (χ2v) is 46.8. The van der Waals surface area contributed by atoms with E-state index in [0.717, 1.165) is 56.7 Å². The molecule has 1 aromatic carbocycles. The number of nitrogens with one attached hydrogen (secondary N) is 1. The molecule has 0 fully saturated rings. The van der Waals surface area contributed by atoms with Gasteiger partial charge in [0, 0.05) is 189 Å². The van der Waals surface area contributed by atoms with E-state index in [1.807, 2.05) is 270 Å². The number of nitrogens with zero attached hydrogens (tertiary/aromatic N) is 15. The van der Waals surface area contributed by atoms with Crippen LogP contribution in [0.5, 0.6) is 0 Å². The Morgan fingerprint density at radius 3 is 1.30 bits per heavy atom. The Morgan fingerprint density at radius 1 is 0.379 bits per heavy atom. The zero-order valence-electron chi connectivity index (χ0n) is 89.9. The van der Waals surface area contributed by atoms with Gasteiger partial charge >= 0.3 is 0 Å². The van der Waals surface area contributed by atoms with Crippen LogP contribution >= 0.6 is 22.7 Å². The molecule has 1 N–H and O–H groups in total. The van der Waals surface area contributed by atoms with Crippen molar-refractivity contribution in [2.75, 3.05) is 7.05 Å². The molecular weight excluding hydrogens is 1800 g/mol. The largest absolute Gasteiger partial charge is 0.449 e. The third-order valence-electron chi connectivity index (χ3n) is 20.4. The SMILES string of the molecule is CC(C)(C)C(=O)Cc1ccccc1.CC(C)(C)C(=O)Cc1cccnc1.CC(C)(C)C(=O)Cc1cccnn1.CC(C)(C)C(=O)Cc1ccncn1.CC(C)(C)C(=O)Cc1cnccn1.CC(C)(C)C(=O)Cc1cscn1.CC(C)(C)C(=O)Cc1ncccn1.CC(C)(C)C(=O)Cc1ncco1.CC(C)(C)C(=O)Cc1nccs1.CC(C)(C)c1cc2c(cn1)CC(=O)C2.CNCc1cnn(C(C)(C)C)c1. The normalized spacial score (nSPS) is 11.9. The molecule has 11 aromatic rings. The number of fused-ring (bicyclic) bond motifs is 1. The van der Waals surface area contributed by atoms with E-state index in [9.17, 15) is 47.9 Å². The molecule has 0 saturated heterocycles. The number of carbonyl (C=O) groups excluding carboxylic acids is 10. The van der Waals surface area contributed by atoms with Crippen molar-refractivity contribution < 1.29 is 52.4 Å². The van der Waals surface area contributed by atoms with Crippen LogP contribution in [0.25, 0.3) is 0 Å². The number of aromatic nitrogens is 15. The fraction of sp³-hybridized carbons (Fsp3) is 0.514. The van der Waals surface area contributed by atoms with Crippen LogP contribution in [0.1, 0.15) is 301 Å². The van der Waals surface area contributed by atoms with Crippen molar-refractivity contribution in [3.05, 3.63) is 261 Å². The Balaban J connectivity index is 0.000000521. The van der Waals surface area contributed by atoms with E-state index in [4.69, 9.17) is 4.42 Å². The monoisotopic (exact) mass is 1960 g/mol. The van der Waals surface area contributed by atoms with Gasteiger partial charge in [-0.05, 0) is 86.5 Å². The summed E-state index contributed by atoms with van der Waals surface area (Å²) >= 11 is 3.06. The third kappa shape index (κ3) is 53.5. The number of benzene rings is 1. The van der Waals surface area contributed by atoms with Gasteiger partial charge in [0.2, 0.25) is 5.89 Å². The van der Waals surface area contributed by atoms with Crippen LogP contribution in [0.3, 0.4) is 0 Å². The highest BCUT2D eigenvalue weighted by atomic mass is 32.1. The maximum Gasteiger partial charge on any atom is 0.201 e. The lowest BCUT2D eigenvalue weighted by Crippen LogP contribution is -2.22. The zero-order valence-corrected chi connectivity index (χ0v) is 91.5. The number of pyridine rings is 2. The summed E-state index contributed by atoms with van der Waals surface area (Å²) in [5, 5.41) is 19.7. The fourth-order valence-electron chi connectivity index (χ4n) is 10.4. The lowest BCUT2D eigenvalue weighted by Gasteiger charge is -2.18. The molecule has 0 atom stereocenters. The molecule has 29 heteroatoms. The van der Waals surface area contributed by atoms with E-state index in [1.165, 1.54) is 46.4 Å². The lowest BCUT2D eigenvalue weighted by molar-refractivity contribution is -0.126. The summed E-state index contributed by atoms with van der Waals surface area (Å²) in [6.07, 6.45) is 31.8. The van der Waals surface area contributed by atoms with E-state index < -0.39 is 0 Å². The van der Waals surface area contributed by atoms with E-state index in [1.54, 1.807) is 91.9 Å². The number of ketones is 10. The molecule has 0 saturated carbocycles. The van der Waals surface area contributed by atoms with Crippen molar-refractivity contribution in [2.45, 2.75) is 317 Å². The van der Waals surface area contributed by atoms with Gasteiger partial charge in [0.1, 0.15) is 76.2 Å². The minimum Gasteiger partial charge on any atom is -0.449 e. The molecule has 140 heavy (non-hydrogen) atoms. The second kappa shape index (κ2) is 57.8. The maximum absolute atomic E-state index is 11.6. The van der Waals surface area contributed by atoms with Crippen molar-refractivity contribution in [3.63, 3.8) is 0 Å². The van der Waals surface area contributed by atoms with Crippen molar-refractivity contribution in [2.24, 2.45) is 48.7 Å². The number of hydrogen-bond acceptors (Lipinski definition) is 28. The van der Waals surface area contributed by atoms with Crippen molar-refractivity contribution >= 4 is 80.5 Å². The quantitative estimate of drug-likeness (QED) is 0.0740. The molecule has 0 radical (unpaired) electrons. The zero-order chi connectivity index (χ0) is 106. The Hall–Kier alpha value is -11.8. The van der Waals surface area contributed by atoms with Gasteiger partial charge in [-0.3, -0.25) is 72.6 Å². The number of hydrogen-bond donors (Lipinski definition) is 1. The van der Waals surface area contributed by atoms with Crippen LogP contribution in [-0.2, 0) is 136 Å². The van der Waals surface area contributed by atoms with Crippen LogP contribution in [-0.4, -0.2) is 140 Å². The van der Waals surface area contributed by atoms with Crippen molar-refractivity contribution in [1.29, 1.82) is 0 Å². The summed E-state index contributed by atoms with van der Waals surface area (Å²) in [4.78, 5) is 159. The highest BCUT2D eigenvalue weighted by molar-refractivity contribution is 7.09. The average Bonchev–Trinajstić information content (AvgIpc) is 1.65. The average molecular weight is 1960 g/mol. The highest BCUT2D eigenvalue weighted by Crippen LogP contribution is 2.29. The number of rotatable bonds is 20. The first-order valence-electron chi connectivity index (χ1n) is 47.1. The van der Waals surface area contributed by atoms with Crippen LogP contribution in [0, 0.1) is 48.7 Å². The maximum atomic E-state index is 11.6. The molecule has 0 aliphatic heterocycles. The molecule has 12 rings (SSSR count). The summed E-state index contributed by atoms with van der Waals surface area (Å²) in [5.74, 6) is 3.33. The summed E-state index contributed by atoms with van der Waals surface area (Å²) < 4.78 is 6.95. The predicted octanol–water partition coefficient (Wildman–Crippen LogP) is 21.5. The standard InChI is InChI=1S/C12H15NO.C12H16O.C11H15NO.4C10H14N2O.C9H17N3.C9H13NO2.2C9H13NOS/c1-12(2,3)11-6-8-4-10(14)5-9(8)7-13-11;1-12(2,3)11(13)9-10-7-5-4-6-8-10;1-11(2,3)10(13)7-9-5-4-6-12-8-9;1-10(2,3)9(13)6-8-7-11-4-5-12-8;1-10(2,3)9(13)6-8-4-5-11-7-12-8;1-10(2,3)8(13)7-9-11-5-4-6-12-9;1-10(2,3)9(13)7-8-5-4-6-11-12-8;1-9(2,3)12-7-8(5-10-4)6-11-12;1-9(2,3)7(11)6-8-10-4-5-12-8;1-9(2,3)8(11)4-7-5-12-6-10-7;1-9(2,3)7(11)6-8-10-4-5-12-8/h6-7H,4-5H2,1-3H3;4-8H,9H2,1-3H3;4-6,8H,7H2,1-3H3;2*4-5,7H,6H2,1-3H3;2*4-6H,7H2,1-3H3;6-7,10H,5H2,1-4H3;4-5H,6H2,1-3H3;5-6H,4H2,1-3H3;4-5H,6H2,1-3H3. The Morgan fingerprint density at radius 2 is 0.864 bits per heavy atom. The lowest BCUT2D eigenvalue weighted by atomic mass is 9.87. The number of oxazole rings is 1. The topological polar surface area (TPSA) is 381 Å². The van der Waals surface area contributed by atoms with Crippen molar-refractivity contribution in [3.8, 4) is 0 Å². The molecule has 760 valence electrons. The summed E-state index contributed by atoms with van der Waals surface area (Å²) in [7, 11) is 1.94. The highest BCUT2D eigenvalue weighted by Gasteiger charge is 2.30. The Labute approximate surface area is 841 Å². The molecule has 1 aliphatic rings. The van der Waals surface area contributed by atoms with Gasteiger partial charge < -0.3 is 9.73 Å². The molecule has 10 aromatic heterocycles. The third-order valence-corrected chi connectivity index (χ3v) is 21.8. The number of carbonyl (C=O) groups is 10. The fourth-order valence-corrected chi connectivity index (χ4v) is 11.6. The minimum atomic E-state index is -0.311. The molecular formula is C111H158N16O11S2. The number of Topliss-reactive ketones (excluding diaryl/α,β-unsaturated/α-hetero) is 10. The predicted molar refractivity (Wildman–Crippen MR) is 558 cm³/mol. The van der Waals surface area contributed by atoms with Crippen LogP contribution in [0.2, 0.25) is 0 Å². The van der Waals surface area contributed by atoms with Crippen LogP contribution < -0.4 is 5.32 Å². The van der Waals surface area contributed by atoms with Crippen molar-refractivity contribution in [1.82, 2.24) is 80.1 Å². The summed E-state index contributed by atoms with van der Waals surface area (Å²) in [5.41, 5.74) is 9.29. The van der Waals surface area contributed by atoms with Gasteiger partial charge in [-0.25, -0.2) is 34.9 Å². The molecule has 0 amide bonds. The van der Waals surface area contributed by atoms with Gasteiger partial charge in [-0.2, -0.15) is 15.3 Å². The summed E-state index contributed by atoms with van der Waals surface area (Å²) in [6.45, 7) is 65.6. The number of thiazole rings is 2. The van der Waals surface area contributed by atoms with E-state index in [-0.39, 0.29) is 112 Å². The minimum absolute atomic E-state index is 0.0701. The van der Waals surface area contributed by atoms with Gasteiger partial charge in [-0.1, -0.05) is 244 Å². The summed E-state index contributed by atoms with van der Waals surface area (Å²) in [6, 6.07) is 22.8. The molecule has 1 aliphatic carbocycles. The molecule has 0 spiro atoms. The second-order valence-electron chi connectivity index (χ2n) is 45.1.